The molecule has 2 aromatic carbocycles. The van der Waals surface area contributed by atoms with Crippen LogP contribution in [0.3, 0.4) is 0 Å². The maximum absolute atomic E-state index is 13.0. The Labute approximate surface area is 189 Å². The number of carbonyl (C=O) groups is 1. The molecule has 0 saturated carbocycles. The Morgan fingerprint density at radius 2 is 1.84 bits per heavy atom. The molecule has 0 bridgehead atoms. The molecule has 2 aliphatic rings. The lowest BCUT2D eigenvalue weighted by Crippen LogP contribution is -2.48. The number of hydrogen-bond donors (Lipinski definition) is 1. The van der Waals surface area contributed by atoms with Gasteiger partial charge >= 0.3 is 0 Å². The Hall–Kier alpha value is -3.17. The van der Waals surface area contributed by atoms with Crippen LogP contribution in [0.1, 0.15) is 11.3 Å². The number of nitrogens with one attached hydrogen (secondary N) is 1. The van der Waals surface area contributed by atoms with Crippen molar-refractivity contribution >= 4 is 28.1 Å². The molecule has 0 radical (unpaired) electrons. The number of fused-ring (bicyclic) bond motifs is 1. The molecule has 32 heavy (non-hydrogen) atoms. The highest BCUT2D eigenvalue weighted by atomic mass is 32.1. The van der Waals surface area contributed by atoms with Gasteiger partial charge in [-0.15, -0.1) is 11.3 Å². The maximum atomic E-state index is 13.0. The maximum Gasteiger partial charge on any atom is 0.231 e. The summed E-state index contributed by atoms with van der Waals surface area (Å²) in [5.74, 6) is 1.40. The Kier molecular flexibility index (Phi) is 5.91. The molecule has 0 atom stereocenters. The second-order valence-electron chi connectivity index (χ2n) is 7.80. The number of aromatic nitrogens is 1. The molecule has 2 aliphatic heterocycles. The molecule has 0 aliphatic carbocycles. The van der Waals surface area contributed by atoms with Crippen LogP contribution < -0.4 is 14.8 Å². The summed E-state index contributed by atoms with van der Waals surface area (Å²) >= 11 is 1.43. The fourth-order valence-corrected chi connectivity index (χ4v) is 4.55. The number of anilines is 2. The molecule has 3 aromatic rings. The van der Waals surface area contributed by atoms with E-state index in [0.29, 0.717) is 18.2 Å². The van der Waals surface area contributed by atoms with Gasteiger partial charge in [0, 0.05) is 43.8 Å². The molecule has 1 saturated heterocycles. The van der Waals surface area contributed by atoms with Crippen molar-refractivity contribution in [2.45, 2.75) is 13.0 Å². The molecular weight excluding hydrogens is 431 g/mol. The van der Waals surface area contributed by atoms with Crippen LogP contribution in [0.5, 0.6) is 11.5 Å². The van der Waals surface area contributed by atoms with Crippen LogP contribution in [-0.2, 0) is 17.8 Å². The number of thiazole rings is 1. The van der Waals surface area contributed by atoms with E-state index in [4.69, 9.17) is 9.47 Å². The standard InChI is InChI=1S/C23H23FN4O3S/c24-17-2-4-18(5-3-17)25-23-26-19(14-32-23)12-22(29)28-9-7-27(8-10-28)13-16-1-6-20-21(11-16)31-15-30-20/h1-6,11,14H,7-10,12-13,15H2,(H,25,26). The van der Waals surface area contributed by atoms with Gasteiger partial charge in [-0.1, -0.05) is 6.07 Å². The largest absolute Gasteiger partial charge is 0.454 e. The third-order valence-electron chi connectivity index (χ3n) is 5.55. The number of benzene rings is 2. The van der Waals surface area contributed by atoms with Crippen molar-refractivity contribution in [3.63, 3.8) is 0 Å². The fourth-order valence-electron chi connectivity index (χ4n) is 3.82. The van der Waals surface area contributed by atoms with Gasteiger partial charge in [0.25, 0.3) is 0 Å². The Morgan fingerprint density at radius 1 is 1.06 bits per heavy atom. The lowest BCUT2D eigenvalue weighted by atomic mass is 10.1. The molecule has 0 unspecified atom stereocenters. The quantitative estimate of drug-likeness (QED) is 0.614. The average Bonchev–Trinajstić information content (AvgIpc) is 3.45. The minimum atomic E-state index is -0.281. The third-order valence-corrected chi connectivity index (χ3v) is 6.35. The number of carbonyl (C=O) groups excluding carboxylic acids is 1. The molecule has 1 fully saturated rings. The molecule has 3 heterocycles. The first-order chi connectivity index (χ1) is 15.6. The number of nitrogens with zero attached hydrogens (tertiary/aromatic N) is 3. The van der Waals surface area contributed by atoms with Crippen LogP contribution in [-0.4, -0.2) is 53.7 Å². The molecule has 1 aromatic heterocycles. The van der Waals surface area contributed by atoms with Crippen molar-refractivity contribution in [3.05, 3.63) is 64.9 Å². The summed E-state index contributed by atoms with van der Waals surface area (Å²) in [6.07, 6.45) is 0.282. The van der Waals surface area contributed by atoms with Crippen molar-refractivity contribution in [2.75, 3.05) is 38.3 Å². The van der Waals surface area contributed by atoms with Gasteiger partial charge in [0.15, 0.2) is 16.6 Å². The summed E-state index contributed by atoms with van der Waals surface area (Å²) in [7, 11) is 0. The van der Waals surface area contributed by atoms with Gasteiger partial charge in [0.2, 0.25) is 12.7 Å². The van der Waals surface area contributed by atoms with E-state index in [1.54, 1.807) is 12.1 Å². The molecular formula is C23H23FN4O3S. The van der Waals surface area contributed by atoms with E-state index < -0.39 is 0 Å². The van der Waals surface area contributed by atoms with Crippen LogP contribution in [0.25, 0.3) is 0 Å². The molecule has 1 amide bonds. The van der Waals surface area contributed by atoms with E-state index in [2.05, 4.69) is 21.3 Å². The summed E-state index contributed by atoms with van der Waals surface area (Å²) < 4.78 is 23.9. The predicted octanol–water partition coefficient (Wildman–Crippen LogP) is 3.64. The second kappa shape index (κ2) is 9.13. The number of halogens is 1. The first kappa shape index (κ1) is 20.7. The van der Waals surface area contributed by atoms with Crippen molar-refractivity contribution < 1.29 is 18.7 Å². The summed E-state index contributed by atoms with van der Waals surface area (Å²) in [6.45, 7) is 4.16. The zero-order valence-corrected chi connectivity index (χ0v) is 18.2. The number of piperazine rings is 1. The minimum absolute atomic E-state index is 0.0892. The number of rotatable bonds is 6. The Bertz CT molecular complexity index is 1100. The first-order valence-corrected chi connectivity index (χ1v) is 11.4. The summed E-state index contributed by atoms with van der Waals surface area (Å²) in [4.78, 5) is 21.5. The Balaban J connectivity index is 1.10. The van der Waals surface area contributed by atoms with Crippen LogP contribution >= 0.6 is 11.3 Å². The fraction of sp³-hybridized carbons (Fsp3) is 0.304. The smallest absolute Gasteiger partial charge is 0.231 e. The highest BCUT2D eigenvalue weighted by Gasteiger charge is 2.22. The lowest BCUT2D eigenvalue weighted by Gasteiger charge is -2.34. The van der Waals surface area contributed by atoms with E-state index in [1.165, 1.54) is 29.0 Å². The van der Waals surface area contributed by atoms with Gasteiger partial charge in [-0.25, -0.2) is 9.37 Å². The lowest BCUT2D eigenvalue weighted by molar-refractivity contribution is -0.132. The normalized spacial score (nSPS) is 15.7. The zero-order valence-electron chi connectivity index (χ0n) is 17.4. The highest BCUT2D eigenvalue weighted by molar-refractivity contribution is 7.13. The van der Waals surface area contributed by atoms with Gasteiger partial charge in [-0.3, -0.25) is 9.69 Å². The number of ether oxygens (including phenoxy) is 2. The Morgan fingerprint density at radius 3 is 2.66 bits per heavy atom. The van der Waals surface area contributed by atoms with Gasteiger partial charge in [-0.2, -0.15) is 0 Å². The van der Waals surface area contributed by atoms with Crippen molar-refractivity contribution in [3.8, 4) is 11.5 Å². The predicted molar refractivity (Wildman–Crippen MR) is 120 cm³/mol. The first-order valence-electron chi connectivity index (χ1n) is 10.5. The average molecular weight is 455 g/mol. The minimum Gasteiger partial charge on any atom is -0.454 e. The number of amides is 1. The van der Waals surface area contributed by atoms with Crippen LogP contribution in [0.2, 0.25) is 0 Å². The van der Waals surface area contributed by atoms with Crippen molar-refractivity contribution in [2.24, 2.45) is 0 Å². The van der Waals surface area contributed by atoms with Gasteiger partial charge < -0.3 is 19.7 Å². The molecule has 7 nitrogen and oxygen atoms in total. The molecule has 1 N–H and O–H groups in total. The molecule has 9 heteroatoms. The van der Waals surface area contributed by atoms with Gasteiger partial charge in [0.05, 0.1) is 12.1 Å². The number of hydrogen-bond acceptors (Lipinski definition) is 7. The van der Waals surface area contributed by atoms with E-state index in [0.717, 1.165) is 42.5 Å². The van der Waals surface area contributed by atoms with E-state index in [1.807, 2.05) is 22.4 Å². The van der Waals surface area contributed by atoms with E-state index >= 15 is 0 Å². The SMILES string of the molecule is O=C(Cc1csc(Nc2ccc(F)cc2)n1)N1CCN(Cc2ccc3c(c2)OCO3)CC1. The summed E-state index contributed by atoms with van der Waals surface area (Å²) in [6, 6.07) is 12.1. The van der Waals surface area contributed by atoms with Crippen LogP contribution in [0.4, 0.5) is 15.2 Å². The van der Waals surface area contributed by atoms with Crippen molar-refractivity contribution in [1.82, 2.24) is 14.8 Å². The van der Waals surface area contributed by atoms with Gasteiger partial charge in [0.1, 0.15) is 5.82 Å². The molecule has 0 spiro atoms. The van der Waals surface area contributed by atoms with E-state index in [-0.39, 0.29) is 24.9 Å². The van der Waals surface area contributed by atoms with Gasteiger partial charge in [-0.05, 0) is 42.0 Å². The summed E-state index contributed by atoms with van der Waals surface area (Å²) in [5, 5.41) is 5.72. The zero-order chi connectivity index (χ0) is 21.9. The summed E-state index contributed by atoms with van der Waals surface area (Å²) in [5.41, 5.74) is 2.68. The topological polar surface area (TPSA) is 66.9 Å². The molecule has 5 rings (SSSR count). The van der Waals surface area contributed by atoms with Crippen LogP contribution in [0, 0.1) is 5.82 Å². The molecule has 166 valence electrons. The van der Waals surface area contributed by atoms with Crippen LogP contribution in [0.15, 0.2) is 47.8 Å². The van der Waals surface area contributed by atoms with E-state index in [9.17, 15) is 9.18 Å². The van der Waals surface area contributed by atoms with Crippen molar-refractivity contribution in [1.29, 1.82) is 0 Å². The third kappa shape index (κ3) is 4.84. The highest BCUT2D eigenvalue weighted by Crippen LogP contribution is 2.33. The monoisotopic (exact) mass is 454 g/mol. The second-order valence-corrected chi connectivity index (χ2v) is 8.66.